The van der Waals surface area contributed by atoms with Gasteiger partial charge in [0.25, 0.3) is 0 Å². The summed E-state index contributed by atoms with van der Waals surface area (Å²) in [6.45, 7) is 2.31. The lowest BCUT2D eigenvalue weighted by Crippen LogP contribution is -2.18. The van der Waals surface area contributed by atoms with Crippen molar-refractivity contribution in [2.24, 2.45) is 11.7 Å². The second-order valence-corrected chi connectivity index (χ2v) is 4.84. The Balaban J connectivity index is 2.04. The summed E-state index contributed by atoms with van der Waals surface area (Å²) < 4.78 is 0. The summed E-state index contributed by atoms with van der Waals surface area (Å²) >= 11 is 0. The predicted molar refractivity (Wildman–Crippen MR) is 61.5 cm³/mol. The van der Waals surface area contributed by atoms with E-state index >= 15 is 0 Å². The van der Waals surface area contributed by atoms with Crippen molar-refractivity contribution in [1.82, 2.24) is 0 Å². The monoisotopic (exact) mass is 205 g/mol. The maximum atomic E-state index is 8.97. The van der Waals surface area contributed by atoms with Crippen molar-refractivity contribution < 1.29 is 5.11 Å². The van der Waals surface area contributed by atoms with Gasteiger partial charge in [0.2, 0.25) is 0 Å². The first-order chi connectivity index (χ1) is 7.14. The summed E-state index contributed by atoms with van der Waals surface area (Å²) in [7, 11) is 0. The van der Waals surface area contributed by atoms with E-state index < -0.39 is 0 Å². The van der Waals surface area contributed by atoms with Crippen molar-refractivity contribution in [3.05, 3.63) is 35.4 Å². The molecule has 0 saturated heterocycles. The third-order valence-corrected chi connectivity index (χ3v) is 3.21. The first-order valence-corrected chi connectivity index (χ1v) is 5.63. The molecule has 0 amide bonds. The molecule has 15 heavy (non-hydrogen) atoms. The molecule has 0 aliphatic heterocycles. The molecule has 1 aromatic rings. The highest BCUT2D eigenvalue weighted by molar-refractivity contribution is 5.32. The molecule has 1 atom stereocenters. The molecule has 0 radical (unpaired) electrons. The Bertz CT molecular complexity index is 327. The topological polar surface area (TPSA) is 46.2 Å². The van der Waals surface area contributed by atoms with Crippen LogP contribution in [0.3, 0.4) is 0 Å². The number of hydrogen-bond acceptors (Lipinski definition) is 2. The second kappa shape index (κ2) is 3.95. The third-order valence-electron chi connectivity index (χ3n) is 3.21. The Labute approximate surface area is 91.1 Å². The van der Waals surface area contributed by atoms with E-state index in [2.05, 4.69) is 31.2 Å². The van der Waals surface area contributed by atoms with Crippen molar-refractivity contribution in [1.29, 1.82) is 0 Å². The van der Waals surface area contributed by atoms with E-state index in [0.717, 1.165) is 19.3 Å². The maximum absolute atomic E-state index is 8.97. The number of hydrogen-bond donors (Lipinski definition) is 2. The Hall–Kier alpha value is -0.860. The van der Waals surface area contributed by atoms with Gasteiger partial charge in [0.15, 0.2) is 0 Å². The Morgan fingerprint density at radius 1 is 1.33 bits per heavy atom. The summed E-state index contributed by atoms with van der Waals surface area (Å²) in [4.78, 5) is 0. The molecule has 2 nitrogen and oxygen atoms in total. The van der Waals surface area contributed by atoms with E-state index in [1.54, 1.807) is 0 Å². The highest BCUT2D eigenvalue weighted by Crippen LogP contribution is 2.42. The van der Waals surface area contributed by atoms with E-state index in [9.17, 15) is 0 Å². The minimum absolute atomic E-state index is 0.0267. The average molecular weight is 205 g/mol. The molecule has 1 fully saturated rings. The van der Waals surface area contributed by atoms with Crippen LogP contribution in [-0.4, -0.2) is 11.7 Å². The fraction of sp³-hybridized carbons (Fsp3) is 0.538. The summed E-state index contributed by atoms with van der Waals surface area (Å²) in [5.41, 5.74) is 8.61. The largest absolute Gasteiger partial charge is 0.396 e. The zero-order valence-corrected chi connectivity index (χ0v) is 9.24. The van der Waals surface area contributed by atoms with Gasteiger partial charge in [0.05, 0.1) is 0 Å². The molecule has 1 aliphatic carbocycles. The first kappa shape index (κ1) is 10.7. The number of aliphatic hydroxyl groups is 1. The van der Waals surface area contributed by atoms with Gasteiger partial charge in [-0.15, -0.1) is 0 Å². The smallest absolute Gasteiger partial charge is 0.0459 e. The standard InChI is InChI=1S/C13H19NO/c1-10(9-15)8-11-2-4-12(5-3-11)13(14)6-7-13/h2-5,10,15H,6-9,14H2,1H3. The van der Waals surface area contributed by atoms with Gasteiger partial charge in [0.1, 0.15) is 0 Å². The van der Waals surface area contributed by atoms with Crippen LogP contribution in [0, 0.1) is 5.92 Å². The summed E-state index contributed by atoms with van der Waals surface area (Å²) in [5.74, 6) is 0.337. The van der Waals surface area contributed by atoms with E-state index in [-0.39, 0.29) is 12.1 Å². The molecular weight excluding hydrogens is 186 g/mol. The summed E-state index contributed by atoms with van der Waals surface area (Å²) in [6, 6.07) is 8.53. The van der Waals surface area contributed by atoms with Crippen LogP contribution in [-0.2, 0) is 12.0 Å². The molecule has 2 rings (SSSR count). The van der Waals surface area contributed by atoms with E-state index in [1.165, 1.54) is 11.1 Å². The molecule has 1 saturated carbocycles. The van der Waals surface area contributed by atoms with Crippen LogP contribution in [0.1, 0.15) is 30.9 Å². The van der Waals surface area contributed by atoms with E-state index in [4.69, 9.17) is 10.8 Å². The van der Waals surface area contributed by atoms with Crippen LogP contribution in [0.15, 0.2) is 24.3 Å². The molecule has 1 aromatic carbocycles. The quantitative estimate of drug-likeness (QED) is 0.787. The van der Waals surface area contributed by atoms with Crippen molar-refractivity contribution >= 4 is 0 Å². The summed E-state index contributed by atoms with van der Waals surface area (Å²) in [5, 5.41) is 8.97. The Morgan fingerprint density at radius 3 is 2.40 bits per heavy atom. The lowest BCUT2D eigenvalue weighted by atomic mass is 9.98. The summed E-state index contributed by atoms with van der Waals surface area (Å²) in [6.07, 6.45) is 3.16. The van der Waals surface area contributed by atoms with Gasteiger partial charge in [-0.3, -0.25) is 0 Å². The minimum atomic E-state index is -0.0267. The third kappa shape index (κ3) is 2.39. The SMILES string of the molecule is CC(CO)Cc1ccc(C2(N)CC2)cc1. The molecular formula is C13H19NO. The molecule has 0 aromatic heterocycles. The molecule has 0 bridgehead atoms. The molecule has 1 aliphatic rings. The molecule has 0 heterocycles. The lowest BCUT2D eigenvalue weighted by molar-refractivity contribution is 0.237. The molecule has 0 spiro atoms. The van der Waals surface area contributed by atoms with Crippen LogP contribution in [0.5, 0.6) is 0 Å². The molecule has 82 valence electrons. The molecule has 3 N–H and O–H groups in total. The van der Waals surface area contributed by atoms with Gasteiger partial charge in [-0.1, -0.05) is 31.2 Å². The van der Waals surface area contributed by atoms with Gasteiger partial charge in [-0.05, 0) is 36.3 Å². The average Bonchev–Trinajstić information content (AvgIpc) is 2.98. The van der Waals surface area contributed by atoms with Crippen molar-refractivity contribution in [3.8, 4) is 0 Å². The van der Waals surface area contributed by atoms with Crippen LogP contribution in [0.2, 0.25) is 0 Å². The van der Waals surface area contributed by atoms with Gasteiger partial charge in [-0.2, -0.15) is 0 Å². The highest BCUT2D eigenvalue weighted by Gasteiger charge is 2.39. The minimum Gasteiger partial charge on any atom is -0.396 e. The van der Waals surface area contributed by atoms with Gasteiger partial charge < -0.3 is 10.8 Å². The van der Waals surface area contributed by atoms with Gasteiger partial charge >= 0.3 is 0 Å². The van der Waals surface area contributed by atoms with Gasteiger partial charge in [-0.25, -0.2) is 0 Å². The number of aliphatic hydroxyl groups excluding tert-OH is 1. The predicted octanol–water partition coefficient (Wildman–Crippen LogP) is 1.81. The van der Waals surface area contributed by atoms with Crippen LogP contribution in [0.25, 0.3) is 0 Å². The van der Waals surface area contributed by atoms with Crippen LogP contribution >= 0.6 is 0 Å². The number of rotatable bonds is 4. The second-order valence-electron chi connectivity index (χ2n) is 4.84. The number of nitrogens with two attached hydrogens (primary N) is 1. The highest BCUT2D eigenvalue weighted by atomic mass is 16.3. The van der Waals surface area contributed by atoms with Crippen LogP contribution < -0.4 is 5.73 Å². The number of benzene rings is 1. The fourth-order valence-electron chi connectivity index (χ4n) is 1.86. The Kier molecular flexibility index (Phi) is 2.81. The zero-order chi connectivity index (χ0) is 10.9. The normalized spacial score (nSPS) is 19.9. The van der Waals surface area contributed by atoms with Crippen molar-refractivity contribution in [2.75, 3.05) is 6.61 Å². The van der Waals surface area contributed by atoms with E-state index in [0.29, 0.717) is 5.92 Å². The fourth-order valence-corrected chi connectivity index (χ4v) is 1.86. The Morgan fingerprint density at radius 2 is 1.93 bits per heavy atom. The van der Waals surface area contributed by atoms with E-state index in [1.807, 2.05) is 0 Å². The molecule has 1 unspecified atom stereocenters. The lowest BCUT2D eigenvalue weighted by Gasteiger charge is -2.11. The van der Waals surface area contributed by atoms with Crippen molar-refractivity contribution in [2.45, 2.75) is 31.7 Å². The van der Waals surface area contributed by atoms with Crippen LogP contribution in [0.4, 0.5) is 0 Å². The maximum Gasteiger partial charge on any atom is 0.0459 e. The molecule has 2 heteroatoms. The first-order valence-electron chi connectivity index (χ1n) is 5.63. The van der Waals surface area contributed by atoms with Crippen molar-refractivity contribution in [3.63, 3.8) is 0 Å². The zero-order valence-electron chi connectivity index (χ0n) is 9.24. The van der Waals surface area contributed by atoms with Gasteiger partial charge in [0, 0.05) is 12.1 Å².